The van der Waals surface area contributed by atoms with Crippen LogP contribution >= 0.6 is 0 Å². The predicted molar refractivity (Wildman–Crippen MR) is 59.8 cm³/mol. The molecule has 0 bridgehead atoms. The molecule has 15 heavy (non-hydrogen) atoms. The number of rotatable bonds is 3. The Balaban J connectivity index is 2.64. The molecule has 0 fully saturated rings. The molecule has 0 aliphatic carbocycles. The largest absolute Gasteiger partial charge is 0.271 e. The van der Waals surface area contributed by atoms with Gasteiger partial charge in [-0.25, -0.2) is 5.43 Å². The summed E-state index contributed by atoms with van der Waals surface area (Å²) in [6, 6.07) is 5.71. The monoisotopic (exact) mass is 200 g/mol. The van der Waals surface area contributed by atoms with Crippen LogP contribution in [0, 0.1) is 0 Å². The fraction of sp³-hybridized carbons (Fsp3) is 0.0909. The maximum absolute atomic E-state index is 5.44. The highest BCUT2D eigenvalue weighted by Gasteiger charge is 2.09. The van der Waals surface area contributed by atoms with E-state index in [2.05, 4.69) is 22.0 Å². The fourth-order valence-corrected chi connectivity index (χ4v) is 1.55. The standard InChI is InChI=1S/C11H12N4/c1-2-9(15-12)8-4-3-5-10-11(8)14-7-6-13-10/h2-7,9,15H,1,12H2. The van der Waals surface area contributed by atoms with Crippen molar-refractivity contribution in [3.05, 3.63) is 48.8 Å². The summed E-state index contributed by atoms with van der Waals surface area (Å²) in [5.74, 6) is 5.44. The molecule has 0 spiro atoms. The molecule has 76 valence electrons. The molecule has 0 saturated carbocycles. The topological polar surface area (TPSA) is 63.8 Å². The van der Waals surface area contributed by atoms with Crippen molar-refractivity contribution in [3.8, 4) is 0 Å². The third-order valence-corrected chi connectivity index (χ3v) is 2.28. The van der Waals surface area contributed by atoms with Crippen molar-refractivity contribution in [1.82, 2.24) is 15.4 Å². The van der Waals surface area contributed by atoms with Crippen molar-refractivity contribution in [2.24, 2.45) is 5.84 Å². The van der Waals surface area contributed by atoms with Crippen molar-refractivity contribution >= 4 is 11.0 Å². The zero-order valence-electron chi connectivity index (χ0n) is 8.22. The molecule has 1 aromatic carbocycles. The van der Waals surface area contributed by atoms with Gasteiger partial charge in [-0.15, -0.1) is 6.58 Å². The van der Waals surface area contributed by atoms with Gasteiger partial charge in [0.1, 0.15) is 0 Å². The Bertz CT molecular complexity index is 475. The number of nitrogens with one attached hydrogen (secondary N) is 1. The zero-order chi connectivity index (χ0) is 10.7. The molecule has 4 nitrogen and oxygen atoms in total. The van der Waals surface area contributed by atoms with E-state index >= 15 is 0 Å². The number of nitrogens with two attached hydrogens (primary N) is 1. The number of para-hydroxylation sites is 1. The molecule has 0 amide bonds. The molecule has 3 N–H and O–H groups in total. The predicted octanol–water partition coefficient (Wildman–Crippen LogP) is 1.32. The summed E-state index contributed by atoms with van der Waals surface area (Å²) in [6.07, 6.45) is 5.08. The van der Waals surface area contributed by atoms with Crippen LogP contribution in [0.25, 0.3) is 11.0 Å². The lowest BCUT2D eigenvalue weighted by Crippen LogP contribution is -2.26. The van der Waals surface area contributed by atoms with Gasteiger partial charge < -0.3 is 0 Å². The van der Waals surface area contributed by atoms with Crippen molar-refractivity contribution in [3.63, 3.8) is 0 Å². The van der Waals surface area contributed by atoms with E-state index in [1.807, 2.05) is 18.2 Å². The van der Waals surface area contributed by atoms with Crippen LogP contribution in [0.5, 0.6) is 0 Å². The van der Waals surface area contributed by atoms with E-state index in [1.54, 1.807) is 18.5 Å². The summed E-state index contributed by atoms with van der Waals surface area (Å²) in [5, 5.41) is 0. The quantitative estimate of drug-likeness (QED) is 0.445. The molecular formula is C11H12N4. The minimum Gasteiger partial charge on any atom is -0.271 e. The van der Waals surface area contributed by atoms with Gasteiger partial charge in [0.05, 0.1) is 17.1 Å². The highest BCUT2D eigenvalue weighted by Crippen LogP contribution is 2.20. The summed E-state index contributed by atoms with van der Waals surface area (Å²) in [6.45, 7) is 3.72. The van der Waals surface area contributed by atoms with Crippen LogP contribution in [0.4, 0.5) is 0 Å². The van der Waals surface area contributed by atoms with Crippen LogP contribution in [0.2, 0.25) is 0 Å². The number of hydrazine groups is 1. The van der Waals surface area contributed by atoms with Gasteiger partial charge in [-0.3, -0.25) is 15.8 Å². The van der Waals surface area contributed by atoms with Crippen LogP contribution in [0.3, 0.4) is 0 Å². The third kappa shape index (κ3) is 1.72. The number of hydrogen-bond donors (Lipinski definition) is 2. The number of hydrogen-bond acceptors (Lipinski definition) is 4. The lowest BCUT2D eigenvalue weighted by molar-refractivity contribution is 0.660. The van der Waals surface area contributed by atoms with Crippen LogP contribution < -0.4 is 11.3 Å². The first kappa shape index (κ1) is 9.76. The van der Waals surface area contributed by atoms with Crippen LogP contribution in [-0.2, 0) is 0 Å². The van der Waals surface area contributed by atoms with E-state index in [9.17, 15) is 0 Å². The number of fused-ring (bicyclic) bond motifs is 1. The first-order chi connectivity index (χ1) is 7.36. The van der Waals surface area contributed by atoms with Crippen molar-refractivity contribution in [2.75, 3.05) is 0 Å². The van der Waals surface area contributed by atoms with E-state index in [-0.39, 0.29) is 6.04 Å². The molecule has 1 unspecified atom stereocenters. The third-order valence-electron chi connectivity index (χ3n) is 2.28. The summed E-state index contributed by atoms with van der Waals surface area (Å²) in [7, 11) is 0. The molecule has 1 aromatic heterocycles. The Hall–Kier alpha value is -1.78. The second kappa shape index (κ2) is 4.16. The molecular weight excluding hydrogens is 188 g/mol. The maximum Gasteiger partial charge on any atom is 0.0938 e. The molecule has 0 radical (unpaired) electrons. The van der Waals surface area contributed by atoms with E-state index < -0.39 is 0 Å². The molecule has 2 rings (SSSR count). The van der Waals surface area contributed by atoms with Gasteiger partial charge in [0, 0.05) is 18.0 Å². The fourth-order valence-electron chi connectivity index (χ4n) is 1.55. The molecule has 0 saturated heterocycles. The highest BCUT2D eigenvalue weighted by molar-refractivity contribution is 5.78. The van der Waals surface area contributed by atoms with Crippen LogP contribution in [0.1, 0.15) is 11.6 Å². The molecule has 0 aliphatic rings. The maximum atomic E-state index is 5.44. The summed E-state index contributed by atoms with van der Waals surface area (Å²) in [5.41, 5.74) is 5.37. The van der Waals surface area contributed by atoms with Gasteiger partial charge in [0.25, 0.3) is 0 Å². The van der Waals surface area contributed by atoms with Gasteiger partial charge in [0.15, 0.2) is 0 Å². The molecule has 2 aromatic rings. The molecule has 4 heteroatoms. The first-order valence-corrected chi connectivity index (χ1v) is 4.65. The first-order valence-electron chi connectivity index (χ1n) is 4.65. The van der Waals surface area contributed by atoms with Gasteiger partial charge >= 0.3 is 0 Å². The smallest absolute Gasteiger partial charge is 0.0938 e. The average molecular weight is 200 g/mol. The van der Waals surface area contributed by atoms with Crippen LogP contribution in [-0.4, -0.2) is 9.97 Å². The molecule has 1 heterocycles. The summed E-state index contributed by atoms with van der Waals surface area (Å²) in [4.78, 5) is 8.52. The molecule has 1 atom stereocenters. The van der Waals surface area contributed by atoms with Gasteiger partial charge in [-0.05, 0) is 6.07 Å². The Labute approximate surface area is 87.8 Å². The Kier molecular flexibility index (Phi) is 2.71. The van der Waals surface area contributed by atoms with Gasteiger partial charge in [0.2, 0.25) is 0 Å². The van der Waals surface area contributed by atoms with Crippen molar-refractivity contribution in [1.29, 1.82) is 0 Å². The number of aromatic nitrogens is 2. The summed E-state index contributed by atoms with van der Waals surface area (Å²) >= 11 is 0. The van der Waals surface area contributed by atoms with Gasteiger partial charge in [-0.1, -0.05) is 18.2 Å². The van der Waals surface area contributed by atoms with Crippen molar-refractivity contribution in [2.45, 2.75) is 6.04 Å². The SMILES string of the molecule is C=CC(NN)c1cccc2nccnc12. The number of benzene rings is 1. The minimum atomic E-state index is -0.106. The van der Waals surface area contributed by atoms with Crippen LogP contribution in [0.15, 0.2) is 43.2 Å². The second-order valence-corrected chi connectivity index (χ2v) is 3.15. The van der Waals surface area contributed by atoms with E-state index in [1.165, 1.54) is 0 Å². The normalized spacial score (nSPS) is 12.6. The minimum absolute atomic E-state index is 0.106. The zero-order valence-corrected chi connectivity index (χ0v) is 8.22. The Morgan fingerprint density at radius 3 is 2.87 bits per heavy atom. The summed E-state index contributed by atoms with van der Waals surface area (Å²) < 4.78 is 0. The second-order valence-electron chi connectivity index (χ2n) is 3.15. The lowest BCUT2D eigenvalue weighted by Gasteiger charge is -2.12. The lowest BCUT2D eigenvalue weighted by atomic mass is 10.1. The van der Waals surface area contributed by atoms with E-state index in [0.717, 1.165) is 16.6 Å². The van der Waals surface area contributed by atoms with E-state index in [4.69, 9.17) is 5.84 Å². The highest BCUT2D eigenvalue weighted by atomic mass is 15.2. The average Bonchev–Trinajstić information content (AvgIpc) is 2.31. The number of nitrogens with zero attached hydrogens (tertiary/aromatic N) is 2. The Morgan fingerprint density at radius 2 is 2.13 bits per heavy atom. The Morgan fingerprint density at radius 1 is 1.33 bits per heavy atom. The molecule has 0 aliphatic heterocycles. The van der Waals surface area contributed by atoms with Crippen molar-refractivity contribution < 1.29 is 0 Å². The van der Waals surface area contributed by atoms with Gasteiger partial charge in [-0.2, -0.15) is 0 Å². The van der Waals surface area contributed by atoms with E-state index in [0.29, 0.717) is 0 Å².